The summed E-state index contributed by atoms with van der Waals surface area (Å²) in [6.45, 7) is 4.21. The van der Waals surface area contributed by atoms with E-state index in [9.17, 15) is 9.59 Å². The number of hydrogen-bond acceptors (Lipinski definition) is 4. The van der Waals surface area contributed by atoms with Crippen molar-refractivity contribution in [1.82, 2.24) is 15.2 Å². The van der Waals surface area contributed by atoms with Crippen molar-refractivity contribution >= 4 is 11.8 Å². The molecule has 27 heavy (non-hydrogen) atoms. The Kier molecular flexibility index (Phi) is 4.66. The van der Waals surface area contributed by atoms with Gasteiger partial charge in [0, 0.05) is 37.8 Å². The summed E-state index contributed by atoms with van der Waals surface area (Å²) in [4.78, 5) is 32.0. The first-order valence-corrected chi connectivity index (χ1v) is 9.80. The van der Waals surface area contributed by atoms with Gasteiger partial charge in [0.15, 0.2) is 0 Å². The van der Waals surface area contributed by atoms with Gasteiger partial charge in [-0.25, -0.2) is 4.98 Å². The molecule has 2 fully saturated rings. The number of pyridine rings is 1. The van der Waals surface area contributed by atoms with E-state index in [1.807, 2.05) is 23.1 Å². The molecule has 2 amide bonds. The number of nitrogens with zero attached hydrogens (tertiary/aromatic N) is 2. The third-order valence-electron chi connectivity index (χ3n) is 6.52. The molecule has 3 atom stereocenters. The lowest BCUT2D eigenvalue weighted by atomic mass is 9.76. The first kappa shape index (κ1) is 18.0. The predicted molar refractivity (Wildman–Crippen MR) is 101 cm³/mol. The molecule has 2 aliphatic heterocycles. The zero-order valence-corrected chi connectivity index (χ0v) is 15.8. The van der Waals surface area contributed by atoms with Gasteiger partial charge < -0.3 is 15.0 Å². The van der Waals surface area contributed by atoms with Crippen LogP contribution in [0.2, 0.25) is 0 Å². The molecule has 1 spiro atoms. The van der Waals surface area contributed by atoms with Crippen LogP contribution >= 0.6 is 0 Å². The Bertz CT molecular complexity index is 750. The molecule has 1 aromatic rings. The van der Waals surface area contributed by atoms with Crippen molar-refractivity contribution in [3.63, 3.8) is 0 Å². The molecule has 4 rings (SSSR count). The molecule has 1 N–H and O–H groups in total. The highest BCUT2D eigenvalue weighted by molar-refractivity contribution is 5.89. The van der Waals surface area contributed by atoms with E-state index in [1.54, 1.807) is 6.20 Å². The fourth-order valence-electron chi connectivity index (χ4n) is 4.68. The van der Waals surface area contributed by atoms with Crippen LogP contribution < -0.4 is 10.1 Å². The zero-order chi connectivity index (χ0) is 18.9. The number of ether oxygens (including phenoxy) is 1. The van der Waals surface area contributed by atoms with E-state index in [2.05, 4.69) is 29.4 Å². The second-order valence-corrected chi connectivity index (χ2v) is 8.29. The first-order chi connectivity index (χ1) is 13.0. The molecule has 0 aromatic carbocycles. The van der Waals surface area contributed by atoms with Gasteiger partial charge in [-0.1, -0.05) is 25.1 Å². The fraction of sp³-hybridized carbons (Fsp3) is 0.571. The highest BCUT2D eigenvalue weighted by Gasteiger charge is 2.56. The normalized spacial score (nSPS) is 32.7. The third kappa shape index (κ3) is 3.22. The first-order valence-electron chi connectivity index (χ1n) is 9.80. The number of hydrogen-bond donors (Lipinski definition) is 1. The summed E-state index contributed by atoms with van der Waals surface area (Å²) in [6, 6.07) is 5.54. The van der Waals surface area contributed by atoms with Crippen LogP contribution in [0, 0.1) is 16.7 Å². The predicted octanol–water partition coefficient (Wildman–Crippen LogP) is 2.17. The molecule has 2 saturated heterocycles. The van der Waals surface area contributed by atoms with Crippen LogP contribution in [0.3, 0.4) is 0 Å². The molecular weight excluding hydrogens is 342 g/mol. The van der Waals surface area contributed by atoms with Gasteiger partial charge in [0.1, 0.15) is 0 Å². The van der Waals surface area contributed by atoms with E-state index >= 15 is 0 Å². The average Bonchev–Trinajstić information content (AvgIpc) is 3.27. The number of carbonyl (C=O) groups is 2. The Morgan fingerprint density at radius 1 is 1.37 bits per heavy atom. The smallest absolute Gasteiger partial charge is 0.228 e. The van der Waals surface area contributed by atoms with Crippen molar-refractivity contribution in [3.05, 3.63) is 36.5 Å². The molecule has 1 aliphatic carbocycles. The van der Waals surface area contributed by atoms with Crippen molar-refractivity contribution in [2.24, 2.45) is 16.7 Å². The molecule has 0 radical (unpaired) electrons. The van der Waals surface area contributed by atoms with E-state index in [-0.39, 0.29) is 23.1 Å². The Hall–Kier alpha value is -2.37. The summed E-state index contributed by atoms with van der Waals surface area (Å²) in [7, 11) is 0. The molecule has 0 saturated carbocycles. The molecule has 3 heterocycles. The van der Waals surface area contributed by atoms with Crippen molar-refractivity contribution in [3.8, 4) is 5.88 Å². The number of nitrogens with one attached hydrogen (secondary N) is 1. The maximum absolute atomic E-state index is 13.2. The topological polar surface area (TPSA) is 71.5 Å². The molecule has 0 bridgehead atoms. The lowest BCUT2D eigenvalue weighted by molar-refractivity contribution is -0.141. The summed E-state index contributed by atoms with van der Waals surface area (Å²) in [6.07, 6.45) is 9.26. The molecule has 0 unspecified atom stereocenters. The van der Waals surface area contributed by atoms with Crippen LogP contribution in [0.15, 0.2) is 36.5 Å². The Balaban J connectivity index is 1.45. The Morgan fingerprint density at radius 3 is 3.00 bits per heavy atom. The number of allylic oxidation sites excluding steroid dienone is 2. The van der Waals surface area contributed by atoms with E-state index in [1.165, 1.54) is 0 Å². The van der Waals surface area contributed by atoms with Crippen LogP contribution in [0.4, 0.5) is 0 Å². The monoisotopic (exact) mass is 369 g/mol. The number of aromatic nitrogens is 1. The highest BCUT2D eigenvalue weighted by atomic mass is 16.5. The number of likely N-dealkylation sites (tertiary alicyclic amines) is 1. The second-order valence-electron chi connectivity index (χ2n) is 8.29. The van der Waals surface area contributed by atoms with E-state index in [0.717, 1.165) is 19.3 Å². The van der Waals surface area contributed by atoms with Crippen molar-refractivity contribution in [1.29, 1.82) is 0 Å². The Labute approximate surface area is 160 Å². The van der Waals surface area contributed by atoms with Crippen molar-refractivity contribution in [2.45, 2.75) is 32.6 Å². The molecule has 144 valence electrons. The van der Waals surface area contributed by atoms with Crippen LogP contribution in [0.1, 0.15) is 32.6 Å². The summed E-state index contributed by atoms with van der Waals surface area (Å²) < 4.78 is 5.84. The maximum atomic E-state index is 13.2. The summed E-state index contributed by atoms with van der Waals surface area (Å²) in [5.41, 5.74) is -0.874. The summed E-state index contributed by atoms with van der Waals surface area (Å²) in [5, 5.41) is 3.00. The minimum atomic E-state index is -0.536. The van der Waals surface area contributed by atoms with Gasteiger partial charge in [0.25, 0.3) is 0 Å². The SMILES string of the molecule is C[C@]1(C(=O)N2CC[C@]3(C2)C(=O)NC[C@@H]3COc2ccccn2)CC=CCC1. The standard InChI is InChI=1S/C21H27N3O3/c1-20(8-4-2-5-9-20)19(26)24-12-10-21(15-24)16(13-23-18(21)25)14-27-17-7-3-6-11-22-17/h2-4,6-7,11,16H,5,8-10,12-15H2,1H3,(H,23,25)/t16-,20+,21-/m1/s1. The van der Waals surface area contributed by atoms with Crippen LogP contribution in [0.25, 0.3) is 0 Å². The molecule has 3 aliphatic rings. The van der Waals surface area contributed by atoms with Crippen LogP contribution in [-0.4, -0.2) is 47.9 Å². The van der Waals surface area contributed by atoms with E-state index in [4.69, 9.17) is 4.74 Å². The number of carbonyl (C=O) groups excluding carboxylic acids is 2. The molecule has 6 heteroatoms. The summed E-state index contributed by atoms with van der Waals surface area (Å²) >= 11 is 0. The van der Waals surface area contributed by atoms with Gasteiger partial charge in [-0.15, -0.1) is 0 Å². The van der Waals surface area contributed by atoms with Gasteiger partial charge in [-0.2, -0.15) is 0 Å². The maximum Gasteiger partial charge on any atom is 0.228 e. The lowest BCUT2D eigenvalue weighted by Gasteiger charge is -2.34. The quantitative estimate of drug-likeness (QED) is 0.826. The van der Waals surface area contributed by atoms with Gasteiger partial charge in [-0.3, -0.25) is 9.59 Å². The van der Waals surface area contributed by atoms with Gasteiger partial charge in [0.2, 0.25) is 17.7 Å². The number of amides is 2. The second kappa shape index (κ2) is 6.98. The lowest BCUT2D eigenvalue weighted by Crippen LogP contribution is -2.45. The Morgan fingerprint density at radius 2 is 2.26 bits per heavy atom. The van der Waals surface area contributed by atoms with Crippen molar-refractivity contribution in [2.75, 3.05) is 26.2 Å². The van der Waals surface area contributed by atoms with Gasteiger partial charge in [0.05, 0.1) is 17.4 Å². The van der Waals surface area contributed by atoms with Crippen LogP contribution in [0.5, 0.6) is 5.88 Å². The minimum absolute atomic E-state index is 0.0452. The largest absolute Gasteiger partial charge is 0.477 e. The third-order valence-corrected chi connectivity index (χ3v) is 6.52. The minimum Gasteiger partial charge on any atom is -0.477 e. The van der Waals surface area contributed by atoms with Crippen molar-refractivity contribution < 1.29 is 14.3 Å². The molecular formula is C21H27N3O3. The summed E-state index contributed by atoms with van der Waals surface area (Å²) in [5.74, 6) is 0.859. The number of rotatable bonds is 4. The fourth-order valence-corrected chi connectivity index (χ4v) is 4.68. The van der Waals surface area contributed by atoms with Gasteiger partial charge >= 0.3 is 0 Å². The van der Waals surface area contributed by atoms with E-state index in [0.29, 0.717) is 38.5 Å². The van der Waals surface area contributed by atoms with Crippen LogP contribution in [-0.2, 0) is 9.59 Å². The van der Waals surface area contributed by atoms with Gasteiger partial charge in [-0.05, 0) is 31.7 Å². The molecule has 6 nitrogen and oxygen atoms in total. The molecule has 1 aromatic heterocycles. The average molecular weight is 369 g/mol. The highest BCUT2D eigenvalue weighted by Crippen LogP contribution is 2.44. The zero-order valence-electron chi connectivity index (χ0n) is 15.8. The van der Waals surface area contributed by atoms with E-state index < -0.39 is 5.41 Å².